The molecule has 136 valence electrons. The number of aryl methyl sites for hydroxylation is 2. The van der Waals surface area contributed by atoms with Gasteiger partial charge in [0.25, 0.3) is 0 Å². The number of thioether (sulfide) groups is 1. The van der Waals surface area contributed by atoms with Gasteiger partial charge < -0.3 is 10.1 Å². The molecule has 2 heterocycles. The SMILES string of the molecule is COc1ccc(Cn2nnnc2SCC(=O)Nc2cc(C)nn2C)cc1. The van der Waals surface area contributed by atoms with Gasteiger partial charge in [0.15, 0.2) is 0 Å². The minimum Gasteiger partial charge on any atom is -0.497 e. The Morgan fingerprint density at radius 1 is 1.31 bits per heavy atom. The Bertz CT molecular complexity index is 888. The third-order valence-electron chi connectivity index (χ3n) is 3.59. The second kappa shape index (κ2) is 8.00. The molecule has 1 aromatic carbocycles. The summed E-state index contributed by atoms with van der Waals surface area (Å²) < 4.78 is 8.44. The van der Waals surface area contributed by atoms with E-state index in [9.17, 15) is 4.79 Å². The number of methoxy groups -OCH3 is 1. The van der Waals surface area contributed by atoms with Crippen molar-refractivity contribution in [3.8, 4) is 5.75 Å². The van der Waals surface area contributed by atoms with Gasteiger partial charge in [-0.1, -0.05) is 23.9 Å². The number of rotatable bonds is 7. The van der Waals surface area contributed by atoms with Crippen LogP contribution in [0.5, 0.6) is 5.75 Å². The molecule has 0 saturated carbocycles. The molecule has 0 saturated heterocycles. The molecule has 10 heteroatoms. The molecule has 3 aromatic rings. The lowest BCUT2D eigenvalue weighted by atomic mass is 10.2. The number of nitrogens with one attached hydrogen (secondary N) is 1. The number of ether oxygens (including phenoxy) is 1. The standard InChI is InChI=1S/C16H19N7O2S/c1-11-8-14(22(2)19-11)17-15(24)10-26-16-18-20-21-23(16)9-12-4-6-13(25-3)7-5-12/h4-8H,9-10H2,1-3H3,(H,17,24). The second-order valence-electron chi connectivity index (χ2n) is 5.60. The van der Waals surface area contributed by atoms with Crippen molar-refractivity contribution in [2.75, 3.05) is 18.2 Å². The van der Waals surface area contributed by atoms with Crippen LogP contribution in [0.1, 0.15) is 11.3 Å². The molecule has 3 rings (SSSR count). The van der Waals surface area contributed by atoms with Crippen LogP contribution in [-0.4, -0.2) is 48.8 Å². The van der Waals surface area contributed by atoms with E-state index in [2.05, 4.69) is 25.9 Å². The van der Waals surface area contributed by atoms with E-state index < -0.39 is 0 Å². The highest BCUT2D eigenvalue weighted by Gasteiger charge is 2.12. The Kier molecular flexibility index (Phi) is 5.52. The molecule has 0 unspecified atom stereocenters. The third-order valence-corrected chi connectivity index (χ3v) is 4.55. The maximum absolute atomic E-state index is 12.1. The normalized spacial score (nSPS) is 10.7. The van der Waals surface area contributed by atoms with E-state index in [1.807, 2.05) is 37.3 Å². The Morgan fingerprint density at radius 3 is 2.73 bits per heavy atom. The van der Waals surface area contributed by atoms with Crippen LogP contribution in [0.4, 0.5) is 5.82 Å². The first-order valence-electron chi connectivity index (χ1n) is 7.87. The van der Waals surface area contributed by atoms with E-state index in [0.29, 0.717) is 17.5 Å². The van der Waals surface area contributed by atoms with E-state index in [0.717, 1.165) is 17.0 Å². The molecule has 26 heavy (non-hydrogen) atoms. The Hall–Kier alpha value is -2.88. The van der Waals surface area contributed by atoms with Crippen molar-refractivity contribution >= 4 is 23.5 Å². The van der Waals surface area contributed by atoms with Crippen LogP contribution in [0, 0.1) is 6.92 Å². The summed E-state index contributed by atoms with van der Waals surface area (Å²) in [7, 11) is 3.41. The number of aromatic nitrogens is 6. The second-order valence-corrected chi connectivity index (χ2v) is 6.54. The number of benzene rings is 1. The van der Waals surface area contributed by atoms with Crippen molar-refractivity contribution in [3.05, 3.63) is 41.6 Å². The number of carbonyl (C=O) groups is 1. The van der Waals surface area contributed by atoms with Gasteiger partial charge in [0.05, 0.1) is 25.1 Å². The number of tetrazole rings is 1. The molecule has 0 bridgehead atoms. The van der Waals surface area contributed by atoms with Crippen molar-refractivity contribution in [1.82, 2.24) is 30.0 Å². The van der Waals surface area contributed by atoms with Gasteiger partial charge in [-0.25, -0.2) is 4.68 Å². The molecular weight excluding hydrogens is 354 g/mol. The molecule has 0 spiro atoms. The topological polar surface area (TPSA) is 99.8 Å². The first-order chi connectivity index (χ1) is 12.5. The summed E-state index contributed by atoms with van der Waals surface area (Å²) in [4.78, 5) is 12.1. The summed E-state index contributed by atoms with van der Waals surface area (Å²) in [5.41, 5.74) is 1.88. The largest absolute Gasteiger partial charge is 0.497 e. The zero-order chi connectivity index (χ0) is 18.5. The number of hydrogen-bond donors (Lipinski definition) is 1. The molecule has 0 radical (unpaired) electrons. The smallest absolute Gasteiger partial charge is 0.235 e. The van der Waals surface area contributed by atoms with Crippen LogP contribution in [0.3, 0.4) is 0 Å². The van der Waals surface area contributed by atoms with Crippen molar-refractivity contribution in [2.24, 2.45) is 7.05 Å². The minimum absolute atomic E-state index is 0.142. The Morgan fingerprint density at radius 2 is 2.08 bits per heavy atom. The van der Waals surface area contributed by atoms with Gasteiger partial charge in [0.2, 0.25) is 11.1 Å². The molecule has 0 atom stereocenters. The van der Waals surface area contributed by atoms with Crippen molar-refractivity contribution in [2.45, 2.75) is 18.6 Å². The predicted molar refractivity (Wildman–Crippen MR) is 97.2 cm³/mol. The fourth-order valence-corrected chi connectivity index (χ4v) is 3.02. The number of anilines is 1. The van der Waals surface area contributed by atoms with E-state index in [1.165, 1.54) is 11.8 Å². The zero-order valence-corrected chi connectivity index (χ0v) is 15.5. The van der Waals surface area contributed by atoms with Gasteiger partial charge in [-0.15, -0.1) is 5.10 Å². The summed E-state index contributed by atoms with van der Waals surface area (Å²) in [5.74, 6) is 1.51. The van der Waals surface area contributed by atoms with Crippen LogP contribution in [0.25, 0.3) is 0 Å². The molecule has 2 aromatic heterocycles. The van der Waals surface area contributed by atoms with Gasteiger partial charge in [-0.2, -0.15) is 5.10 Å². The average Bonchev–Trinajstić information content (AvgIpc) is 3.19. The average molecular weight is 373 g/mol. The van der Waals surface area contributed by atoms with Crippen LogP contribution in [-0.2, 0) is 18.4 Å². The maximum atomic E-state index is 12.1. The molecular formula is C16H19N7O2S. The first kappa shape index (κ1) is 17.9. The lowest BCUT2D eigenvalue weighted by Gasteiger charge is -2.06. The Labute approximate surface area is 154 Å². The van der Waals surface area contributed by atoms with E-state index >= 15 is 0 Å². The fourth-order valence-electron chi connectivity index (χ4n) is 2.34. The van der Waals surface area contributed by atoms with Crippen molar-refractivity contribution in [1.29, 1.82) is 0 Å². The summed E-state index contributed by atoms with van der Waals surface area (Å²) in [5, 5.41) is 19.3. The number of amides is 1. The van der Waals surface area contributed by atoms with Gasteiger partial charge in [-0.3, -0.25) is 9.48 Å². The van der Waals surface area contributed by atoms with Gasteiger partial charge in [0.1, 0.15) is 11.6 Å². The summed E-state index contributed by atoms with van der Waals surface area (Å²) >= 11 is 1.28. The molecule has 0 fully saturated rings. The minimum atomic E-state index is -0.142. The fraction of sp³-hybridized carbons (Fsp3) is 0.312. The zero-order valence-electron chi connectivity index (χ0n) is 14.7. The lowest BCUT2D eigenvalue weighted by molar-refractivity contribution is -0.113. The Balaban J connectivity index is 1.58. The summed E-state index contributed by atoms with van der Waals surface area (Å²) in [6.07, 6.45) is 0. The monoisotopic (exact) mass is 373 g/mol. The first-order valence-corrected chi connectivity index (χ1v) is 8.86. The maximum Gasteiger partial charge on any atom is 0.235 e. The van der Waals surface area contributed by atoms with Crippen LogP contribution in [0.15, 0.2) is 35.5 Å². The number of nitrogens with zero attached hydrogens (tertiary/aromatic N) is 6. The third kappa shape index (κ3) is 4.39. The van der Waals surface area contributed by atoms with Crippen molar-refractivity contribution in [3.63, 3.8) is 0 Å². The predicted octanol–water partition coefficient (Wildman–Crippen LogP) is 1.50. The molecule has 0 aliphatic carbocycles. The van der Waals surface area contributed by atoms with Crippen LogP contribution in [0.2, 0.25) is 0 Å². The summed E-state index contributed by atoms with van der Waals surface area (Å²) in [6, 6.07) is 9.49. The number of carbonyl (C=O) groups excluding carboxylic acids is 1. The van der Waals surface area contributed by atoms with Crippen molar-refractivity contribution < 1.29 is 9.53 Å². The molecule has 9 nitrogen and oxygen atoms in total. The van der Waals surface area contributed by atoms with Crippen LogP contribution >= 0.6 is 11.8 Å². The summed E-state index contributed by atoms with van der Waals surface area (Å²) in [6.45, 7) is 2.39. The van der Waals surface area contributed by atoms with Gasteiger partial charge in [-0.05, 0) is 35.0 Å². The molecule has 1 amide bonds. The van der Waals surface area contributed by atoms with Gasteiger partial charge >= 0.3 is 0 Å². The van der Waals surface area contributed by atoms with E-state index in [4.69, 9.17) is 4.74 Å². The van der Waals surface area contributed by atoms with Gasteiger partial charge in [0, 0.05) is 13.1 Å². The molecule has 0 aliphatic heterocycles. The lowest BCUT2D eigenvalue weighted by Crippen LogP contribution is -2.17. The molecule has 0 aliphatic rings. The highest BCUT2D eigenvalue weighted by atomic mass is 32.2. The van der Waals surface area contributed by atoms with E-state index in [-0.39, 0.29) is 11.7 Å². The van der Waals surface area contributed by atoms with E-state index in [1.54, 1.807) is 23.5 Å². The quantitative estimate of drug-likeness (QED) is 0.627. The van der Waals surface area contributed by atoms with Crippen LogP contribution < -0.4 is 10.1 Å². The number of hydrogen-bond acceptors (Lipinski definition) is 7. The highest BCUT2D eigenvalue weighted by Crippen LogP contribution is 2.17. The molecule has 1 N–H and O–H groups in total. The highest BCUT2D eigenvalue weighted by molar-refractivity contribution is 7.99.